The van der Waals surface area contributed by atoms with E-state index in [4.69, 9.17) is 4.74 Å². The van der Waals surface area contributed by atoms with Gasteiger partial charge in [-0.2, -0.15) is 0 Å². The third-order valence-electron chi connectivity index (χ3n) is 1.53. The lowest BCUT2D eigenvalue weighted by Crippen LogP contribution is -2.07. The average Bonchev–Trinajstić information content (AvgIpc) is 2.15. The topological polar surface area (TPSA) is 26.3 Å². The highest BCUT2D eigenvalue weighted by molar-refractivity contribution is 14.1. The molecule has 0 saturated heterocycles. The van der Waals surface area contributed by atoms with E-state index in [2.05, 4.69) is 22.6 Å². The first-order chi connectivity index (χ1) is 6.25. The molecule has 1 rings (SSSR count). The summed E-state index contributed by atoms with van der Waals surface area (Å²) in [6.45, 7) is 2.47. The summed E-state index contributed by atoms with van der Waals surface area (Å²) in [7, 11) is 0. The molecule has 1 aromatic carbocycles. The van der Waals surface area contributed by atoms with Crippen molar-refractivity contribution < 1.29 is 9.53 Å². The quantitative estimate of drug-likeness (QED) is 0.632. The molecular formula is C10H11IO2. The second-order valence-electron chi connectivity index (χ2n) is 2.62. The maximum absolute atomic E-state index is 11.4. The van der Waals surface area contributed by atoms with Gasteiger partial charge in [-0.1, -0.05) is 19.1 Å². The van der Waals surface area contributed by atoms with Crippen LogP contribution >= 0.6 is 22.6 Å². The van der Waals surface area contributed by atoms with Crippen molar-refractivity contribution in [1.82, 2.24) is 0 Å². The van der Waals surface area contributed by atoms with Crippen LogP contribution in [-0.4, -0.2) is 12.6 Å². The number of ether oxygens (including phenoxy) is 1. The summed E-state index contributed by atoms with van der Waals surface area (Å²) in [6, 6.07) is 7.41. The Morgan fingerprint density at radius 1 is 1.46 bits per heavy atom. The number of carbonyl (C=O) groups is 1. The molecule has 13 heavy (non-hydrogen) atoms. The summed E-state index contributed by atoms with van der Waals surface area (Å²) in [5.74, 6) is -0.230. The van der Waals surface area contributed by atoms with E-state index in [1.807, 2.05) is 25.1 Å². The van der Waals surface area contributed by atoms with Crippen LogP contribution in [-0.2, 0) is 4.74 Å². The smallest absolute Gasteiger partial charge is 0.339 e. The minimum Gasteiger partial charge on any atom is -0.462 e. The third-order valence-corrected chi connectivity index (χ3v) is 2.47. The van der Waals surface area contributed by atoms with E-state index < -0.39 is 0 Å². The van der Waals surface area contributed by atoms with Gasteiger partial charge in [0.25, 0.3) is 0 Å². The van der Waals surface area contributed by atoms with E-state index >= 15 is 0 Å². The Balaban J connectivity index is 2.71. The molecule has 3 heteroatoms. The fraction of sp³-hybridized carbons (Fsp3) is 0.300. The SMILES string of the molecule is CCCOC(=O)c1ccccc1I. The minimum absolute atomic E-state index is 0.230. The Hall–Kier alpha value is -0.580. The summed E-state index contributed by atoms with van der Waals surface area (Å²) in [5, 5.41) is 0. The van der Waals surface area contributed by atoms with Gasteiger partial charge < -0.3 is 4.74 Å². The van der Waals surface area contributed by atoms with Gasteiger partial charge in [0.05, 0.1) is 12.2 Å². The van der Waals surface area contributed by atoms with E-state index in [0.717, 1.165) is 9.99 Å². The fourth-order valence-electron chi connectivity index (χ4n) is 0.899. The van der Waals surface area contributed by atoms with Crippen LogP contribution in [0, 0.1) is 3.57 Å². The van der Waals surface area contributed by atoms with Gasteiger partial charge in [0.15, 0.2) is 0 Å². The molecule has 0 bridgehead atoms. The molecule has 0 amide bonds. The molecule has 0 aliphatic heterocycles. The number of halogens is 1. The Kier molecular flexibility index (Phi) is 4.21. The van der Waals surface area contributed by atoms with E-state index in [1.54, 1.807) is 6.07 Å². The molecule has 0 N–H and O–H groups in total. The number of benzene rings is 1. The number of carbonyl (C=O) groups excluding carboxylic acids is 1. The zero-order valence-electron chi connectivity index (χ0n) is 7.42. The minimum atomic E-state index is -0.230. The van der Waals surface area contributed by atoms with Gasteiger partial charge in [-0.05, 0) is 41.1 Å². The van der Waals surface area contributed by atoms with Gasteiger partial charge in [-0.25, -0.2) is 4.79 Å². The van der Waals surface area contributed by atoms with Crippen LogP contribution in [0.4, 0.5) is 0 Å². The molecule has 70 valence electrons. The first kappa shape index (κ1) is 10.5. The highest BCUT2D eigenvalue weighted by Crippen LogP contribution is 2.12. The Morgan fingerprint density at radius 2 is 2.15 bits per heavy atom. The summed E-state index contributed by atoms with van der Waals surface area (Å²) < 4.78 is 5.95. The molecule has 0 spiro atoms. The van der Waals surface area contributed by atoms with Crippen molar-refractivity contribution in [3.05, 3.63) is 33.4 Å². The summed E-state index contributed by atoms with van der Waals surface area (Å²) in [6.07, 6.45) is 0.856. The largest absolute Gasteiger partial charge is 0.462 e. The lowest BCUT2D eigenvalue weighted by molar-refractivity contribution is 0.0504. The van der Waals surface area contributed by atoms with Gasteiger partial charge in [-0.3, -0.25) is 0 Å². The van der Waals surface area contributed by atoms with E-state index in [0.29, 0.717) is 12.2 Å². The molecule has 0 aliphatic rings. The molecule has 0 radical (unpaired) electrons. The highest BCUT2D eigenvalue weighted by atomic mass is 127. The predicted molar refractivity (Wildman–Crippen MR) is 59.7 cm³/mol. The van der Waals surface area contributed by atoms with Crippen LogP contribution in [0.1, 0.15) is 23.7 Å². The maximum Gasteiger partial charge on any atom is 0.339 e. The monoisotopic (exact) mass is 290 g/mol. The van der Waals surface area contributed by atoms with Crippen molar-refractivity contribution in [2.75, 3.05) is 6.61 Å². The lowest BCUT2D eigenvalue weighted by Gasteiger charge is -2.03. The molecule has 0 atom stereocenters. The second-order valence-corrected chi connectivity index (χ2v) is 3.78. The van der Waals surface area contributed by atoms with E-state index in [-0.39, 0.29) is 5.97 Å². The van der Waals surface area contributed by atoms with Crippen LogP contribution in [0.3, 0.4) is 0 Å². The molecule has 0 saturated carbocycles. The van der Waals surface area contributed by atoms with Crippen LogP contribution in [0.2, 0.25) is 0 Å². The van der Waals surface area contributed by atoms with Crippen molar-refractivity contribution >= 4 is 28.6 Å². The standard InChI is InChI=1S/C10H11IO2/c1-2-7-13-10(12)8-5-3-4-6-9(8)11/h3-6H,2,7H2,1H3. The van der Waals surface area contributed by atoms with Gasteiger partial charge in [0.2, 0.25) is 0 Å². The number of hydrogen-bond donors (Lipinski definition) is 0. The zero-order valence-corrected chi connectivity index (χ0v) is 9.58. The van der Waals surface area contributed by atoms with Crippen LogP contribution in [0.5, 0.6) is 0 Å². The van der Waals surface area contributed by atoms with Gasteiger partial charge in [0.1, 0.15) is 0 Å². The van der Waals surface area contributed by atoms with Crippen molar-refractivity contribution in [2.24, 2.45) is 0 Å². The Morgan fingerprint density at radius 3 is 2.77 bits per heavy atom. The molecule has 2 nitrogen and oxygen atoms in total. The normalized spacial score (nSPS) is 9.69. The van der Waals surface area contributed by atoms with Crippen molar-refractivity contribution in [3.8, 4) is 0 Å². The summed E-state index contributed by atoms with van der Waals surface area (Å²) in [4.78, 5) is 11.4. The summed E-state index contributed by atoms with van der Waals surface area (Å²) in [5.41, 5.74) is 0.650. The fourth-order valence-corrected chi connectivity index (χ4v) is 1.51. The Bertz CT molecular complexity index is 297. The number of hydrogen-bond acceptors (Lipinski definition) is 2. The van der Waals surface area contributed by atoms with Crippen LogP contribution < -0.4 is 0 Å². The number of esters is 1. The Labute approximate surface area is 91.4 Å². The highest BCUT2D eigenvalue weighted by Gasteiger charge is 2.09. The lowest BCUT2D eigenvalue weighted by atomic mass is 10.2. The van der Waals surface area contributed by atoms with E-state index in [9.17, 15) is 4.79 Å². The van der Waals surface area contributed by atoms with Crippen molar-refractivity contribution in [3.63, 3.8) is 0 Å². The molecule has 0 aromatic heterocycles. The van der Waals surface area contributed by atoms with Gasteiger partial charge in [-0.15, -0.1) is 0 Å². The van der Waals surface area contributed by atoms with Crippen LogP contribution in [0.25, 0.3) is 0 Å². The second kappa shape index (κ2) is 5.21. The molecule has 0 fully saturated rings. The molecule has 0 heterocycles. The third kappa shape index (κ3) is 2.99. The van der Waals surface area contributed by atoms with Crippen molar-refractivity contribution in [2.45, 2.75) is 13.3 Å². The summed E-state index contributed by atoms with van der Waals surface area (Å²) >= 11 is 2.13. The van der Waals surface area contributed by atoms with Crippen LogP contribution in [0.15, 0.2) is 24.3 Å². The molecular weight excluding hydrogens is 279 g/mol. The van der Waals surface area contributed by atoms with Gasteiger partial charge in [0, 0.05) is 3.57 Å². The zero-order chi connectivity index (χ0) is 9.68. The predicted octanol–water partition coefficient (Wildman–Crippen LogP) is 2.86. The molecule has 1 aromatic rings. The molecule has 0 aliphatic carbocycles. The molecule has 0 unspecified atom stereocenters. The average molecular weight is 290 g/mol. The van der Waals surface area contributed by atoms with Gasteiger partial charge >= 0.3 is 5.97 Å². The maximum atomic E-state index is 11.4. The first-order valence-corrected chi connectivity index (χ1v) is 5.25. The van der Waals surface area contributed by atoms with Crippen molar-refractivity contribution in [1.29, 1.82) is 0 Å². The van der Waals surface area contributed by atoms with E-state index in [1.165, 1.54) is 0 Å². The number of rotatable bonds is 3. The first-order valence-electron chi connectivity index (χ1n) is 4.17.